The number of morpholine rings is 1. The molecule has 2 atom stereocenters. The number of halogens is 1. The number of aliphatic imine (C=N–C) groups is 1. The second-order valence-electron chi connectivity index (χ2n) is 8.79. The van der Waals surface area contributed by atoms with Crippen LogP contribution in [0.15, 0.2) is 35.3 Å². The summed E-state index contributed by atoms with van der Waals surface area (Å²) in [6.07, 6.45) is 5.41. The smallest absolute Gasteiger partial charge is 0.194 e. The Bertz CT molecular complexity index is 681. The third-order valence-electron chi connectivity index (χ3n) is 6.59. The molecule has 7 heteroatoms. The number of likely N-dealkylation sites (tertiary alicyclic amines) is 1. The van der Waals surface area contributed by atoms with Gasteiger partial charge in [-0.05, 0) is 25.3 Å². The van der Waals surface area contributed by atoms with Gasteiger partial charge in [-0.25, -0.2) is 0 Å². The van der Waals surface area contributed by atoms with E-state index in [1.807, 2.05) is 0 Å². The molecule has 0 amide bonds. The number of nitrogens with zero attached hydrogens (tertiary/aromatic N) is 3. The molecule has 2 unspecified atom stereocenters. The van der Waals surface area contributed by atoms with E-state index in [1.54, 1.807) is 0 Å². The predicted molar refractivity (Wildman–Crippen MR) is 131 cm³/mol. The van der Waals surface area contributed by atoms with E-state index in [-0.39, 0.29) is 30.1 Å². The molecule has 2 saturated heterocycles. The molecule has 4 rings (SSSR count). The van der Waals surface area contributed by atoms with Crippen molar-refractivity contribution in [3.63, 3.8) is 0 Å². The molecule has 0 aromatic heterocycles. The highest BCUT2D eigenvalue weighted by Crippen LogP contribution is 2.29. The van der Waals surface area contributed by atoms with Crippen LogP contribution in [0.4, 0.5) is 0 Å². The Hall–Kier alpha value is -0.900. The monoisotopic (exact) mass is 528 g/mol. The number of benzene rings is 1. The normalized spacial score (nSPS) is 26.7. The maximum absolute atomic E-state index is 10.9. The molecule has 30 heavy (non-hydrogen) atoms. The van der Waals surface area contributed by atoms with Crippen LogP contribution in [-0.4, -0.2) is 77.9 Å². The third kappa shape index (κ3) is 5.87. The molecule has 0 spiro atoms. The first kappa shape index (κ1) is 23.8. The van der Waals surface area contributed by atoms with Gasteiger partial charge in [-0.3, -0.25) is 9.89 Å². The minimum absolute atomic E-state index is 0. The van der Waals surface area contributed by atoms with Crippen molar-refractivity contribution >= 4 is 29.9 Å². The predicted octanol–water partition coefficient (Wildman–Crippen LogP) is 2.85. The van der Waals surface area contributed by atoms with Crippen LogP contribution in [0.3, 0.4) is 0 Å². The number of nitrogens with one attached hydrogen (secondary N) is 1. The van der Waals surface area contributed by atoms with Crippen LogP contribution in [-0.2, 0) is 11.3 Å². The molecular formula is C23H37IN4O2. The molecule has 1 aromatic carbocycles. The standard InChI is InChI=1S/C23H36N4O2.HI/c1-2-24-22(25-18-23(28)11-7-4-8-12-23)27-16-20-21(17-27)29-14-13-26(20)15-19-9-5-3-6-10-19;/h3,5-6,9-10,20-21,28H,2,4,7-8,11-18H2,1H3,(H,24,25);1H. The van der Waals surface area contributed by atoms with Gasteiger partial charge in [-0.1, -0.05) is 49.6 Å². The second-order valence-corrected chi connectivity index (χ2v) is 8.79. The van der Waals surface area contributed by atoms with Crippen molar-refractivity contribution in [3.8, 4) is 0 Å². The summed E-state index contributed by atoms with van der Waals surface area (Å²) in [6.45, 7) is 7.93. The molecule has 3 fully saturated rings. The highest BCUT2D eigenvalue weighted by Gasteiger charge is 2.41. The van der Waals surface area contributed by atoms with Gasteiger partial charge in [0.25, 0.3) is 0 Å². The molecule has 168 valence electrons. The van der Waals surface area contributed by atoms with Crippen LogP contribution < -0.4 is 5.32 Å². The van der Waals surface area contributed by atoms with Gasteiger partial charge < -0.3 is 20.1 Å². The Labute approximate surface area is 198 Å². The van der Waals surface area contributed by atoms with Gasteiger partial charge in [0.15, 0.2) is 5.96 Å². The number of aliphatic hydroxyl groups is 1. The molecule has 6 nitrogen and oxygen atoms in total. The summed E-state index contributed by atoms with van der Waals surface area (Å²) in [7, 11) is 0. The average molecular weight is 528 g/mol. The van der Waals surface area contributed by atoms with Gasteiger partial charge in [0.1, 0.15) is 0 Å². The fourth-order valence-corrected chi connectivity index (χ4v) is 4.96. The van der Waals surface area contributed by atoms with E-state index in [0.717, 1.165) is 71.0 Å². The number of fused-ring (bicyclic) bond motifs is 1. The van der Waals surface area contributed by atoms with Gasteiger partial charge in [0, 0.05) is 32.7 Å². The van der Waals surface area contributed by atoms with Gasteiger partial charge >= 0.3 is 0 Å². The molecular weight excluding hydrogens is 491 g/mol. The largest absolute Gasteiger partial charge is 0.388 e. The van der Waals surface area contributed by atoms with Gasteiger partial charge in [-0.15, -0.1) is 24.0 Å². The van der Waals surface area contributed by atoms with Crippen LogP contribution in [0.2, 0.25) is 0 Å². The lowest BCUT2D eigenvalue weighted by molar-refractivity contribution is -0.0502. The SMILES string of the molecule is CCNC(=NCC1(O)CCCCC1)N1CC2OCCN(Cc3ccccc3)C2C1.I. The summed E-state index contributed by atoms with van der Waals surface area (Å²) in [5.41, 5.74) is 0.730. The molecule has 0 bridgehead atoms. The van der Waals surface area contributed by atoms with Crippen LogP contribution in [0.1, 0.15) is 44.6 Å². The number of ether oxygens (including phenoxy) is 1. The van der Waals surface area contributed by atoms with Crippen molar-refractivity contribution in [1.29, 1.82) is 0 Å². The van der Waals surface area contributed by atoms with E-state index in [4.69, 9.17) is 9.73 Å². The summed E-state index contributed by atoms with van der Waals surface area (Å²) in [5.74, 6) is 0.921. The maximum atomic E-state index is 10.9. The maximum Gasteiger partial charge on any atom is 0.194 e. The Balaban J connectivity index is 0.00000256. The van der Waals surface area contributed by atoms with Crippen molar-refractivity contribution in [2.75, 3.05) is 39.3 Å². The minimum atomic E-state index is -0.624. The quantitative estimate of drug-likeness (QED) is 0.350. The first-order chi connectivity index (χ1) is 14.2. The Kier molecular flexibility index (Phi) is 8.80. The topological polar surface area (TPSA) is 60.3 Å². The molecule has 0 radical (unpaired) electrons. The lowest BCUT2D eigenvalue weighted by Gasteiger charge is -2.36. The molecule has 3 aliphatic rings. The number of hydrogen-bond acceptors (Lipinski definition) is 4. The number of hydrogen-bond donors (Lipinski definition) is 2. The second kappa shape index (κ2) is 11.1. The fourth-order valence-electron chi connectivity index (χ4n) is 4.96. The van der Waals surface area contributed by atoms with Crippen LogP contribution in [0.5, 0.6) is 0 Å². The summed E-state index contributed by atoms with van der Waals surface area (Å²) >= 11 is 0. The molecule has 2 heterocycles. The zero-order valence-electron chi connectivity index (χ0n) is 18.1. The summed E-state index contributed by atoms with van der Waals surface area (Å²) in [6, 6.07) is 11.1. The number of guanidine groups is 1. The molecule has 2 N–H and O–H groups in total. The van der Waals surface area contributed by atoms with Crippen molar-refractivity contribution in [2.24, 2.45) is 4.99 Å². The van der Waals surface area contributed by atoms with E-state index in [2.05, 4.69) is 52.4 Å². The Morgan fingerprint density at radius 3 is 2.70 bits per heavy atom. The Morgan fingerprint density at radius 1 is 1.20 bits per heavy atom. The van der Waals surface area contributed by atoms with Crippen LogP contribution in [0, 0.1) is 0 Å². The lowest BCUT2D eigenvalue weighted by atomic mass is 9.85. The van der Waals surface area contributed by atoms with Crippen LogP contribution in [0.25, 0.3) is 0 Å². The Morgan fingerprint density at radius 2 is 1.97 bits per heavy atom. The zero-order chi connectivity index (χ0) is 20.1. The summed E-state index contributed by atoms with van der Waals surface area (Å²) in [4.78, 5) is 9.75. The first-order valence-electron chi connectivity index (χ1n) is 11.3. The lowest BCUT2D eigenvalue weighted by Crippen LogP contribution is -2.50. The molecule has 1 aliphatic carbocycles. The van der Waals surface area contributed by atoms with Gasteiger partial charge in [0.05, 0.1) is 30.9 Å². The molecule has 2 aliphatic heterocycles. The third-order valence-corrected chi connectivity index (χ3v) is 6.59. The van der Waals surface area contributed by atoms with E-state index in [0.29, 0.717) is 12.6 Å². The highest BCUT2D eigenvalue weighted by molar-refractivity contribution is 14.0. The van der Waals surface area contributed by atoms with Crippen LogP contribution >= 0.6 is 24.0 Å². The van der Waals surface area contributed by atoms with Crippen molar-refractivity contribution < 1.29 is 9.84 Å². The first-order valence-corrected chi connectivity index (χ1v) is 11.3. The highest BCUT2D eigenvalue weighted by atomic mass is 127. The van der Waals surface area contributed by atoms with E-state index >= 15 is 0 Å². The number of rotatable bonds is 5. The van der Waals surface area contributed by atoms with Gasteiger partial charge in [0.2, 0.25) is 0 Å². The van der Waals surface area contributed by atoms with Crippen molar-refractivity contribution in [1.82, 2.24) is 15.1 Å². The van der Waals surface area contributed by atoms with E-state index < -0.39 is 5.60 Å². The average Bonchev–Trinajstić information content (AvgIpc) is 3.18. The minimum Gasteiger partial charge on any atom is -0.388 e. The van der Waals surface area contributed by atoms with E-state index in [9.17, 15) is 5.11 Å². The summed E-state index contributed by atoms with van der Waals surface area (Å²) < 4.78 is 6.13. The molecule has 1 aromatic rings. The van der Waals surface area contributed by atoms with Crippen molar-refractivity contribution in [2.45, 2.75) is 63.3 Å². The summed E-state index contributed by atoms with van der Waals surface area (Å²) in [5, 5.41) is 14.3. The van der Waals surface area contributed by atoms with Gasteiger partial charge in [-0.2, -0.15) is 0 Å². The van der Waals surface area contributed by atoms with E-state index in [1.165, 1.54) is 12.0 Å². The fraction of sp³-hybridized carbons (Fsp3) is 0.696. The molecule has 1 saturated carbocycles. The zero-order valence-corrected chi connectivity index (χ0v) is 20.5. The van der Waals surface area contributed by atoms with Crippen molar-refractivity contribution in [3.05, 3.63) is 35.9 Å².